The second-order valence-electron chi connectivity index (χ2n) is 6.21. The van der Waals surface area contributed by atoms with E-state index in [0.717, 1.165) is 44.5 Å². The Labute approximate surface area is 143 Å². The summed E-state index contributed by atoms with van der Waals surface area (Å²) in [6, 6.07) is 10.2. The number of carbonyl (C=O) groups excluding carboxylic acids is 1. The van der Waals surface area contributed by atoms with Crippen molar-refractivity contribution in [2.45, 2.75) is 39.5 Å². The van der Waals surface area contributed by atoms with Gasteiger partial charge in [-0.2, -0.15) is 0 Å². The third kappa shape index (κ3) is 3.42. The Morgan fingerprint density at radius 2 is 1.75 bits per heavy atom. The van der Waals surface area contributed by atoms with Gasteiger partial charge < -0.3 is 10.2 Å². The van der Waals surface area contributed by atoms with Crippen LogP contribution in [0.2, 0.25) is 0 Å². The number of hydrogen-bond acceptors (Lipinski definition) is 3. The number of rotatable bonds is 5. The Hall–Kier alpha value is -2.36. The lowest BCUT2D eigenvalue weighted by molar-refractivity contribution is 0.0787. The average Bonchev–Trinajstić information content (AvgIpc) is 3.16. The number of amides is 1. The van der Waals surface area contributed by atoms with Crippen LogP contribution < -0.4 is 5.32 Å². The number of aryl methyl sites for hydroxylation is 2. The zero-order valence-electron chi connectivity index (χ0n) is 14.5. The van der Waals surface area contributed by atoms with Gasteiger partial charge in [0.2, 0.25) is 0 Å². The molecule has 0 radical (unpaired) electrons. The van der Waals surface area contributed by atoms with Crippen LogP contribution in [0.25, 0.3) is 0 Å². The third-order valence-corrected chi connectivity index (χ3v) is 4.64. The first kappa shape index (κ1) is 16.5. The van der Waals surface area contributed by atoms with Crippen LogP contribution in [-0.4, -0.2) is 28.9 Å². The molecule has 1 aliphatic heterocycles. The Kier molecular flexibility index (Phi) is 5.14. The number of para-hydroxylation sites is 1. The summed E-state index contributed by atoms with van der Waals surface area (Å²) in [7, 11) is 0. The normalized spacial score (nSPS) is 14.0. The first-order valence-corrected chi connectivity index (χ1v) is 8.86. The molecule has 126 valence electrons. The monoisotopic (exact) mass is 323 g/mol. The Balaban J connectivity index is 1.78. The molecule has 0 aliphatic carbocycles. The van der Waals surface area contributed by atoms with Gasteiger partial charge in [0.05, 0.1) is 11.9 Å². The third-order valence-electron chi connectivity index (χ3n) is 4.64. The molecule has 1 aliphatic rings. The lowest BCUT2D eigenvalue weighted by atomic mass is 10.0. The maximum Gasteiger partial charge on any atom is 0.272 e. The number of nitrogens with zero attached hydrogens (tertiary/aromatic N) is 2. The molecular weight excluding hydrogens is 298 g/mol. The molecule has 1 saturated heterocycles. The summed E-state index contributed by atoms with van der Waals surface area (Å²) in [6.07, 6.45) is 5.91. The van der Waals surface area contributed by atoms with Crippen LogP contribution in [0.4, 0.5) is 11.4 Å². The van der Waals surface area contributed by atoms with E-state index in [-0.39, 0.29) is 5.91 Å². The molecule has 0 spiro atoms. The van der Waals surface area contributed by atoms with Gasteiger partial charge in [-0.25, -0.2) is 4.98 Å². The van der Waals surface area contributed by atoms with E-state index in [0.29, 0.717) is 5.69 Å². The molecule has 0 atom stereocenters. The molecule has 0 saturated carbocycles. The molecule has 2 aromatic rings. The molecule has 0 bridgehead atoms. The second-order valence-corrected chi connectivity index (χ2v) is 6.21. The second kappa shape index (κ2) is 7.47. The summed E-state index contributed by atoms with van der Waals surface area (Å²) in [6.45, 7) is 6.03. The van der Waals surface area contributed by atoms with Crippen LogP contribution in [0.15, 0.2) is 36.5 Å². The minimum atomic E-state index is 0.0438. The first-order chi connectivity index (χ1) is 11.7. The van der Waals surface area contributed by atoms with Crippen LogP contribution in [0.1, 0.15) is 48.3 Å². The zero-order valence-corrected chi connectivity index (χ0v) is 14.5. The van der Waals surface area contributed by atoms with Gasteiger partial charge >= 0.3 is 0 Å². The number of aromatic nitrogens is 1. The van der Waals surface area contributed by atoms with Crippen molar-refractivity contribution in [2.24, 2.45) is 0 Å². The fourth-order valence-corrected chi connectivity index (χ4v) is 3.22. The van der Waals surface area contributed by atoms with Gasteiger partial charge in [-0.05, 0) is 48.9 Å². The van der Waals surface area contributed by atoms with Gasteiger partial charge in [-0.3, -0.25) is 4.79 Å². The van der Waals surface area contributed by atoms with Crippen LogP contribution in [0.3, 0.4) is 0 Å². The van der Waals surface area contributed by atoms with E-state index in [1.54, 1.807) is 6.20 Å². The van der Waals surface area contributed by atoms with Crippen molar-refractivity contribution in [3.8, 4) is 0 Å². The van der Waals surface area contributed by atoms with E-state index in [1.807, 2.05) is 17.0 Å². The fraction of sp³-hybridized carbons (Fsp3) is 0.400. The van der Waals surface area contributed by atoms with Crippen molar-refractivity contribution in [1.29, 1.82) is 0 Å². The summed E-state index contributed by atoms with van der Waals surface area (Å²) in [5.74, 6) is 0.0438. The van der Waals surface area contributed by atoms with Gasteiger partial charge in [0, 0.05) is 18.8 Å². The van der Waals surface area contributed by atoms with E-state index in [1.165, 1.54) is 16.8 Å². The highest BCUT2D eigenvalue weighted by molar-refractivity contribution is 5.92. The number of anilines is 2. The molecule has 4 nitrogen and oxygen atoms in total. The molecule has 24 heavy (non-hydrogen) atoms. The van der Waals surface area contributed by atoms with Crippen molar-refractivity contribution in [3.63, 3.8) is 0 Å². The summed E-state index contributed by atoms with van der Waals surface area (Å²) in [5.41, 5.74) is 5.21. The maximum absolute atomic E-state index is 12.4. The van der Waals surface area contributed by atoms with Gasteiger partial charge in [0.1, 0.15) is 5.69 Å². The lowest BCUT2D eigenvalue weighted by Crippen LogP contribution is -2.28. The summed E-state index contributed by atoms with van der Waals surface area (Å²) in [4.78, 5) is 18.6. The van der Waals surface area contributed by atoms with Crippen LogP contribution in [0.5, 0.6) is 0 Å². The molecule has 0 unspecified atom stereocenters. The van der Waals surface area contributed by atoms with Gasteiger partial charge in [-0.15, -0.1) is 0 Å². The van der Waals surface area contributed by atoms with E-state index in [4.69, 9.17) is 0 Å². The van der Waals surface area contributed by atoms with E-state index in [2.05, 4.69) is 42.3 Å². The van der Waals surface area contributed by atoms with E-state index in [9.17, 15) is 4.79 Å². The number of hydrogen-bond donors (Lipinski definition) is 1. The summed E-state index contributed by atoms with van der Waals surface area (Å²) >= 11 is 0. The molecule has 1 aromatic carbocycles. The van der Waals surface area contributed by atoms with E-state index >= 15 is 0 Å². The van der Waals surface area contributed by atoms with Crippen molar-refractivity contribution in [2.75, 3.05) is 18.4 Å². The van der Waals surface area contributed by atoms with Crippen molar-refractivity contribution in [1.82, 2.24) is 9.88 Å². The van der Waals surface area contributed by atoms with Gasteiger partial charge in [-0.1, -0.05) is 32.0 Å². The highest BCUT2D eigenvalue weighted by Crippen LogP contribution is 2.26. The highest BCUT2D eigenvalue weighted by atomic mass is 16.2. The number of likely N-dealkylation sites (tertiary alicyclic amines) is 1. The average molecular weight is 323 g/mol. The Bertz CT molecular complexity index is 681. The summed E-state index contributed by atoms with van der Waals surface area (Å²) < 4.78 is 0. The maximum atomic E-state index is 12.4. The smallest absolute Gasteiger partial charge is 0.272 e. The van der Waals surface area contributed by atoms with Crippen molar-refractivity contribution < 1.29 is 4.79 Å². The number of nitrogens with one attached hydrogen (secondary N) is 1. The van der Waals surface area contributed by atoms with E-state index < -0.39 is 0 Å². The fourth-order valence-electron chi connectivity index (χ4n) is 3.22. The molecular formula is C20H25N3O. The molecule has 3 rings (SSSR count). The van der Waals surface area contributed by atoms with Crippen molar-refractivity contribution in [3.05, 3.63) is 53.3 Å². The number of pyridine rings is 1. The van der Waals surface area contributed by atoms with Gasteiger partial charge in [0.15, 0.2) is 0 Å². The largest absolute Gasteiger partial charge is 0.354 e. The molecule has 2 heterocycles. The molecule has 1 N–H and O–H groups in total. The predicted molar refractivity (Wildman–Crippen MR) is 97.9 cm³/mol. The molecule has 4 heteroatoms. The SMILES string of the molecule is CCc1cccc(CC)c1Nc1ccc(C(=O)N2CCCC2)nc1. The standard InChI is InChI=1S/C20H25N3O/c1-3-15-8-7-9-16(4-2)19(15)22-17-10-11-18(21-14-17)20(24)23-12-5-6-13-23/h7-11,14,22H,3-6,12-13H2,1-2H3. The number of benzene rings is 1. The van der Waals surface area contributed by atoms with Crippen LogP contribution in [0, 0.1) is 0 Å². The summed E-state index contributed by atoms with van der Waals surface area (Å²) in [5, 5.41) is 3.49. The first-order valence-electron chi connectivity index (χ1n) is 8.86. The van der Waals surface area contributed by atoms with Crippen LogP contribution >= 0.6 is 0 Å². The van der Waals surface area contributed by atoms with Gasteiger partial charge in [0.25, 0.3) is 5.91 Å². The molecule has 1 fully saturated rings. The van der Waals surface area contributed by atoms with Crippen LogP contribution in [-0.2, 0) is 12.8 Å². The minimum absolute atomic E-state index is 0.0438. The minimum Gasteiger partial charge on any atom is -0.354 e. The number of carbonyl (C=O) groups is 1. The van der Waals surface area contributed by atoms with Crippen molar-refractivity contribution >= 4 is 17.3 Å². The Morgan fingerprint density at radius 3 is 2.29 bits per heavy atom. The highest BCUT2D eigenvalue weighted by Gasteiger charge is 2.20. The quantitative estimate of drug-likeness (QED) is 0.897. The molecule has 1 amide bonds. The predicted octanol–water partition coefficient (Wildman–Crippen LogP) is 4.19. The zero-order chi connectivity index (χ0) is 16.9. The topological polar surface area (TPSA) is 45.2 Å². The molecule has 1 aromatic heterocycles. The Morgan fingerprint density at radius 1 is 1.08 bits per heavy atom. The lowest BCUT2D eigenvalue weighted by Gasteiger charge is -2.16.